The molecule has 23 heavy (non-hydrogen) atoms. The zero-order valence-corrected chi connectivity index (χ0v) is 16.2. The van der Waals surface area contributed by atoms with Gasteiger partial charge >= 0.3 is 0 Å². The molecular formula is C20H32ClNO. The lowest BCUT2D eigenvalue weighted by atomic mass is 9.79. The van der Waals surface area contributed by atoms with Crippen molar-refractivity contribution in [1.82, 2.24) is 4.90 Å². The highest BCUT2D eigenvalue weighted by Crippen LogP contribution is 2.45. The highest BCUT2D eigenvalue weighted by Gasteiger charge is 2.45. The van der Waals surface area contributed by atoms with Gasteiger partial charge in [0, 0.05) is 13.1 Å². The fraction of sp³-hybridized carbons (Fsp3) is 0.700. The van der Waals surface area contributed by atoms with Gasteiger partial charge in [0.25, 0.3) is 0 Å². The summed E-state index contributed by atoms with van der Waals surface area (Å²) < 4.78 is 5.93. The third-order valence-electron chi connectivity index (χ3n) is 4.63. The predicted octanol–water partition coefficient (Wildman–Crippen LogP) is 5.26. The molecular weight excluding hydrogens is 306 g/mol. The summed E-state index contributed by atoms with van der Waals surface area (Å²) >= 11 is 7.40. The van der Waals surface area contributed by atoms with E-state index < -0.39 is 5.00 Å². The van der Waals surface area contributed by atoms with Gasteiger partial charge in [-0.05, 0) is 37.2 Å². The van der Waals surface area contributed by atoms with Gasteiger partial charge in [-0.15, -0.1) is 0 Å². The van der Waals surface area contributed by atoms with Crippen LogP contribution in [0, 0.1) is 11.3 Å². The molecule has 1 aromatic rings. The largest absolute Gasteiger partial charge is 0.373 e. The van der Waals surface area contributed by atoms with E-state index in [1.165, 1.54) is 5.56 Å². The molecule has 0 radical (unpaired) electrons. The third-order valence-corrected chi connectivity index (χ3v) is 5.46. The van der Waals surface area contributed by atoms with Crippen molar-refractivity contribution < 1.29 is 4.74 Å². The minimum Gasteiger partial charge on any atom is -0.373 e. The maximum Gasteiger partial charge on any atom is 0.124 e. The summed E-state index contributed by atoms with van der Waals surface area (Å²) in [5.41, 5.74) is 1.44. The molecule has 0 aliphatic carbocycles. The van der Waals surface area contributed by atoms with E-state index in [0.29, 0.717) is 5.92 Å². The van der Waals surface area contributed by atoms with Crippen molar-refractivity contribution in [3.05, 3.63) is 35.9 Å². The Balaban J connectivity index is 2.39. The van der Waals surface area contributed by atoms with Crippen molar-refractivity contribution in [3.8, 4) is 0 Å². The number of morpholine rings is 1. The Morgan fingerprint density at radius 3 is 2.13 bits per heavy atom. The fourth-order valence-electron chi connectivity index (χ4n) is 3.95. The minimum atomic E-state index is -0.485. The van der Waals surface area contributed by atoms with Gasteiger partial charge in [-0.1, -0.05) is 69.6 Å². The van der Waals surface area contributed by atoms with Crippen LogP contribution >= 0.6 is 11.6 Å². The van der Waals surface area contributed by atoms with Crippen LogP contribution in [0.15, 0.2) is 30.3 Å². The van der Waals surface area contributed by atoms with Gasteiger partial charge in [0.05, 0.1) is 12.2 Å². The molecule has 0 saturated carbocycles. The summed E-state index contributed by atoms with van der Waals surface area (Å²) in [5.74, 6) is 0.337. The number of rotatable bonds is 4. The van der Waals surface area contributed by atoms with Crippen molar-refractivity contribution in [2.24, 2.45) is 11.3 Å². The number of hydrogen-bond acceptors (Lipinski definition) is 2. The molecule has 2 rings (SSSR count). The molecule has 1 saturated heterocycles. The van der Waals surface area contributed by atoms with Crippen LogP contribution in [0.1, 0.15) is 53.5 Å². The zero-order chi connectivity index (χ0) is 17.3. The molecule has 130 valence electrons. The van der Waals surface area contributed by atoms with E-state index in [4.69, 9.17) is 16.3 Å². The Morgan fingerprint density at radius 2 is 1.65 bits per heavy atom. The molecule has 0 spiro atoms. The van der Waals surface area contributed by atoms with Crippen molar-refractivity contribution in [1.29, 1.82) is 0 Å². The Kier molecular flexibility index (Phi) is 5.81. The number of benzene rings is 1. The van der Waals surface area contributed by atoms with E-state index in [2.05, 4.69) is 76.8 Å². The Labute approximate surface area is 147 Å². The van der Waals surface area contributed by atoms with Crippen LogP contribution in [0.4, 0.5) is 0 Å². The molecule has 1 aliphatic rings. The van der Waals surface area contributed by atoms with Crippen LogP contribution < -0.4 is 0 Å². The summed E-state index contributed by atoms with van der Waals surface area (Å²) in [6, 6.07) is 10.6. The van der Waals surface area contributed by atoms with Crippen LogP contribution in [0.5, 0.6) is 0 Å². The van der Waals surface area contributed by atoms with Crippen LogP contribution in [0.3, 0.4) is 0 Å². The first-order valence-electron chi connectivity index (χ1n) is 8.78. The lowest BCUT2D eigenvalue weighted by molar-refractivity contribution is -0.0983. The number of alkyl halides is 1. The van der Waals surface area contributed by atoms with Crippen LogP contribution in [0.2, 0.25) is 0 Å². The highest BCUT2D eigenvalue weighted by atomic mass is 35.5. The number of ether oxygens (including phenoxy) is 1. The van der Waals surface area contributed by atoms with Gasteiger partial charge in [-0.3, -0.25) is 4.90 Å². The molecule has 0 bridgehead atoms. The quantitative estimate of drug-likeness (QED) is 0.549. The molecule has 0 amide bonds. The van der Waals surface area contributed by atoms with Gasteiger partial charge in [-0.2, -0.15) is 0 Å². The molecule has 1 aromatic carbocycles. The minimum absolute atomic E-state index is 0.211. The van der Waals surface area contributed by atoms with Crippen LogP contribution in [-0.4, -0.2) is 30.2 Å². The first-order chi connectivity index (χ1) is 10.6. The maximum absolute atomic E-state index is 7.40. The van der Waals surface area contributed by atoms with E-state index in [-0.39, 0.29) is 17.6 Å². The second-order valence-electron chi connectivity index (χ2n) is 8.37. The predicted molar refractivity (Wildman–Crippen MR) is 98.8 cm³/mol. The summed E-state index contributed by atoms with van der Waals surface area (Å²) in [6.07, 6.45) is 1.50. The molecule has 2 nitrogen and oxygen atoms in total. The fourth-order valence-corrected chi connectivity index (χ4v) is 4.29. The van der Waals surface area contributed by atoms with Crippen LogP contribution in [0.25, 0.3) is 0 Å². The molecule has 4 atom stereocenters. The zero-order valence-electron chi connectivity index (χ0n) is 15.5. The molecule has 1 heterocycles. The van der Waals surface area contributed by atoms with Crippen molar-refractivity contribution in [2.45, 2.75) is 65.2 Å². The molecule has 1 aliphatic heterocycles. The number of nitrogens with zero attached hydrogens (tertiary/aromatic N) is 1. The summed E-state index contributed by atoms with van der Waals surface area (Å²) in [7, 11) is 0. The Bertz CT molecular complexity index is 488. The van der Waals surface area contributed by atoms with Gasteiger partial charge < -0.3 is 4.74 Å². The normalized spacial score (nSPS) is 27.4. The average Bonchev–Trinajstić information content (AvgIpc) is 2.44. The molecule has 0 N–H and O–H groups in total. The molecule has 1 fully saturated rings. The first kappa shape index (κ1) is 18.8. The Hall–Kier alpha value is -0.570. The van der Waals surface area contributed by atoms with E-state index in [1.54, 1.807) is 0 Å². The second kappa shape index (κ2) is 7.13. The standard InChI is InChI=1S/C20H32ClNO/c1-15(12-19(4,5)6)20(21,18-10-8-7-9-11-18)22-13-16(2)23-17(3)14-22/h7-11,15-17H,12-14H2,1-6H3. The second-order valence-corrected chi connectivity index (χ2v) is 8.94. The smallest absolute Gasteiger partial charge is 0.124 e. The maximum atomic E-state index is 7.40. The summed E-state index contributed by atoms with van der Waals surface area (Å²) in [5, 5.41) is 0. The average molecular weight is 338 g/mol. The van der Waals surface area contributed by atoms with E-state index >= 15 is 0 Å². The van der Waals surface area contributed by atoms with Gasteiger partial charge in [0.2, 0.25) is 0 Å². The van der Waals surface area contributed by atoms with E-state index in [9.17, 15) is 0 Å². The van der Waals surface area contributed by atoms with E-state index in [0.717, 1.165) is 19.5 Å². The lowest BCUT2D eigenvalue weighted by Gasteiger charge is -2.49. The monoisotopic (exact) mass is 337 g/mol. The molecule has 0 aromatic heterocycles. The summed E-state index contributed by atoms with van der Waals surface area (Å²) in [6.45, 7) is 15.2. The van der Waals surface area contributed by atoms with Crippen molar-refractivity contribution in [2.75, 3.05) is 13.1 Å². The van der Waals surface area contributed by atoms with Crippen molar-refractivity contribution >= 4 is 11.6 Å². The van der Waals surface area contributed by atoms with Crippen LogP contribution in [-0.2, 0) is 9.73 Å². The first-order valence-corrected chi connectivity index (χ1v) is 9.15. The highest BCUT2D eigenvalue weighted by molar-refractivity contribution is 6.23. The summed E-state index contributed by atoms with van der Waals surface area (Å²) in [4.78, 5) is 1.94. The van der Waals surface area contributed by atoms with E-state index in [1.807, 2.05) is 0 Å². The number of halogens is 1. The SMILES string of the molecule is CC1CN(C(Cl)(c2ccccc2)C(C)CC(C)(C)C)CC(C)O1. The Morgan fingerprint density at radius 1 is 1.13 bits per heavy atom. The molecule has 3 heteroatoms. The lowest BCUT2D eigenvalue weighted by Crippen LogP contribution is -2.56. The van der Waals surface area contributed by atoms with Gasteiger partial charge in [-0.25, -0.2) is 0 Å². The topological polar surface area (TPSA) is 12.5 Å². The van der Waals surface area contributed by atoms with Gasteiger partial charge in [0.15, 0.2) is 0 Å². The molecule has 4 unspecified atom stereocenters. The van der Waals surface area contributed by atoms with Gasteiger partial charge in [0.1, 0.15) is 5.00 Å². The number of hydrogen-bond donors (Lipinski definition) is 0. The van der Waals surface area contributed by atoms with Crippen molar-refractivity contribution in [3.63, 3.8) is 0 Å². The third kappa shape index (κ3) is 4.49.